The second-order valence-corrected chi connectivity index (χ2v) is 4.92. The number of benzene rings is 1. The van der Waals surface area contributed by atoms with Gasteiger partial charge in [-0.05, 0) is 37.8 Å². The average Bonchev–Trinajstić information content (AvgIpc) is 2.94. The van der Waals surface area contributed by atoms with Crippen LogP contribution in [0.2, 0.25) is 5.02 Å². The summed E-state index contributed by atoms with van der Waals surface area (Å²) in [6, 6.07) is 4.61. The molecule has 0 saturated heterocycles. The molecule has 1 atom stereocenters. The molecular weight excluding hydrogens is 215 g/mol. The Morgan fingerprint density at radius 3 is 2.73 bits per heavy atom. The fourth-order valence-electron chi connectivity index (χ4n) is 1.91. The molecule has 1 fully saturated rings. The van der Waals surface area contributed by atoms with E-state index in [1.807, 2.05) is 0 Å². The number of aliphatic hydroxyl groups is 1. The molecule has 1 aliphatic carbocycles. The maximum atomic E-state index is 13.5. The highest BCUT2D eigenvalue weighted by atomic mass is 35.5. The van der Waals surface area contributed by atoms with Gasteiger partial charge < -0.3 is 5.11 Å². The van der Waals surface area contributed by atoms with E-state index in [2.05, 4.69) is 0 Å². The van der Waals surface area contributed by atoms with E-state index < -0.39 is 5.60 Å². The zero-order chi connectivity index (χ0) is 11.1. The van der Waals surface area contributed by atoms with E-state index in [0.29, 0.717) is 22.9 Å². The summed E-state index contributed by atoms with van der Waals surface area (Å²) in [6.45, 7) is 1.76. The van der Waals surface area contributed by atoms with Gasteiger partial charge in [0, 0.05) is 17.0 Å². The molecular formula is C12H14ClFO. The lowest BCUT2D eigenvalue weighted by Gasteiger charge is -2.23. The summed E-state index contributed by atoms with van der Waals surface area (Å²) in [4.78, 5) is 0. The second-order valence-electron chi connectivity index (χ2n) is 4.51. The van der Waals surface area contributed by atoms with E-state index in [9.17, 15) is 9.50 Å². The minimum Gasteiger partial charge on any atom is -0.390 e. The Morgan fingerprint density at radius 2 is 2.20 bits per heavy atom. The van der Waals surface area contributed by atoms with Gasteiger partial charge in [0.2, 0.25) is 0 Å². The van der Waals surface area contributed by atoms with E-state index in [0.717, 1.165) is 12.8 Å². The molecule has 0 aliphatic heterocycles. The highest BCUT2D eigenvalue weighted by molar-refractivity contribution is 6.31. The molecule has 1 saturated carbocycles. The van der Waals surface area contributed by atoms with Crippen molar-refractivity contribution in [2.45, 2.75) is 31.8 Å². The van der Waals surface area contributed by atoms with E-state index in [4.69, 9.17) is 11.6 Å². The molecule has 82 valence electrons. The Morgan fingerprint density at radius 1 is 1.53 bits per heavy atom. The smallest absolute Gasteiger partial charge is 0.127 e. The summed E-state index contributed by atoms with van der Waals surface area (Å²) in [7, 11) is 0. The molecule has 1 aromatic carbocycles. The summed E-state index contributed by atoms with van der Waals surface area (Å²) in [5.41, 5.74) is -0.401. The molecule has 0 heterocycles. The van der Waals surface area contributed by atoms with Crippen LogP contribution in [0.1, 0.15) is 25.3 Å². The van der Waals surface area contributed by atoms with Crippen LogP contribution >= 0.6 is 11.6 Å². The third kappa shape index (κ3) is 2.32. The van der Waals surface area contributed by atoms with E-state index >= 15 is 0 Å². The van der Waals surface area contributed by atoms with Crippen molar-refractivity contribution >= 4 is 11.6 Å². The van der Waals surface area contributed by atoms with Crippen LogP contribution < -0.4 is 0 Å². The van der Waals surface area contributed by atoms with Gasteiger partial charge in [-0.2, -0.15) is 0 Å². The van der Waals surface area contributed by atoms with Crippen LogP contribution in [0, 0.1) is 11.7 Å². The van der Waals surface area contributed by atoms with E-state index in [1.54, 1.807) is 19.1 Å². The Labute approximate surface area is 93.9 Å². The summed E-state index contributed by atoms with van der Waals surface area (Å²) in [5.74, 6) is -0.0309. The van der Waals surface area contributed by atoms with Gasteiger partial charge in [-0.15, -0.1) is 0 Å². The first-order valence-electron chi connectivity index (χ1n) is 5.16. The zero-order valence-corrected chi connectivity index (χ0v) is 9.39. The first kappa shape index (κ1) is 10.9. The maximum absolute atomic E-state index is 13.5. The molecule has 0 radical (unpaired) electrons. The van der Waals surface area contributed by atoms with Gasteiger partial charge in [0.15, 0.2) is 0 Å². The van der Waals surface area contributed by atoms with Crippen molar-refractivity contribution in [3.05, 3.63) is 34.6 Å². The molecule has 2 rings (SSSR count). The lowest BCUT2D eigenvalue weighted by Crippen LogP contribution is -2.30. The van der Waals surface area contributed by atoms with E-state index in [-0.39, 0.29) is 5.82 Å². The van der Waals surface area contributed by atoms with Crippen molar-refractivity contribution in [2.75, 3.05) is 0 Å². The first-order valence-corrected chi connectivity index (χ1v) is 5.54. The number of rotatable bonds is 3. The quantitative estimate of drug-likeness (QED) is 0.843. The molecule has 1 aromatic rings. The Bertz CT molecular complexity index is 352. The van der Waals surface area contributed by atoms with Crippen LogP contribution in [0.25, 0.3) is 0 Å². The molecule has 3 heteroatoms. The summed E-state index contributed by atoms with van der Waals surface area (Å²) < 4.78 is 13.5. The lowest BCUT2D eigenvalue weighted by molar-refractivity contribution is 0.0364. The first-order chi connectivity index (χ1) is 7.00. The van der Waals surface area contributed by atoms with Crippen molar-refractivity contribution < 1.29 is 9.50 Å². The molecule has 1 aliphatic rings. The normalized spacial score (nSPS) is 20.0. The number of hydrogen-bond donors (Lipinski definition) is 1. The second kappa shape index (κ2) is 3.76. The van der Waals surface area contributed by atoms with Crippen LogP contribution in [-0.4, -0.2) is 10.7 Å². The van der Waals surface area contributed by atoms with Gasteiger partial charge in [-0.1, -0.05) is 17.7 Å². The highest BCUT2D eigenvalue weighted by Crippen LogP contribution is 2.42. The van der Waals surface area contributed by atoms with Crippen LogP contribution in [0.5, 0.6) is 0 Å². The highest BCUT2D eigenvalue weighted by Gasteiger charge is 2.40. The van der Waals surface area contributed by atoms with Crippen molar-refractivity contribution in [1.82, 2.24) is 0 Å². The van der Waals surface area contributed by atoms with Crippen molar-refractivity contribution in [3.8, 4) is 0 Å². The molecule has 0 bridgehead atoms. The van der Waals surface area contributed by atoms with Gasteiger partial charge in [-0.25, -0.2) is 4.39 Å². The predicted octanol–water partition coefficient (Wildman–Crippen LogP) is 3.18. The number of halogens is 2. The zero-order valence-electron chi connectivity index (χ0n) is 8.63. The fourth-order valence-corrected chi connectivity index (χ4v) is 2.14. The van der Waals surface area contributed by atoms with Crippen LogP contribution in [0.4, 0.5) is 4.39 Å². The monoisotopic (exact) mass is 228 g/mol. The summed E-state index contributed by atoms with van der Waals surface area (Å²) in [6.07, 6.45) is 2.35. The number of hydrogen-bond acceptors (Lipinski definition) is 1. The standard InChI is InChI=1S/C12H14ClFO/c1-12(15,8-5-6-8)7-9-10(13)3-2-4-11(9)14/h2-4,8,15H,5-7H2,1H3. The van der Waals surface area contributed by atoms with Crippen molar-refractivity contribution in [1.29, 1.82) is 0 Å². The van der Waals surface area contributed by atoms with Gasteiger partial charge in [0.25, 0.3) is 0 Å². The third-order valence-electron chi connectivity index (χ3n) is 3.05. The molecule has 0 amide bonds. The predicted molar refractivity (Wildman–Crippen MR) is 58.5 cm³/mol. The minimum atomic E-state index is -0.828. The van der Waals surface area contributed by atoms with Crippen LogP contribution in [0.3, 0.4) is 0 Å². The van der Waals surface area contributed by atoms with Gasteiger partial charge in [0.05, 0.1) is 5.60 Å². The van der Waals surface area contributed by atoms with Gasteiger partial charge in [0.1, 0.15) is 5.82 Å². The largest absolute Gasteiger partial charge is 0.390 e. The fraction of sp³-hybridized carbons (Fsp3) is 0.500. The van der Waals surface area contributed by atoms with Gasteiger partial charge >= 0.3 is 0 Å². The molecule has 0 spiro atoms. The minimum absolute atomic E-state index is 0.295. The topological polar surface area (TPSA) is 20.2 Å². The average molecular weight is 229 g/mol. The summed E-state index contributed by atoms with van der Waals surface area (Å²) in [5, 5.41) is 10.5. The van der Waals surface area contributed by atoms with E-state index in [1.165, 1.54) is 6.07 Å². The molecule has 1 unspecified atom stereocenters. The molecule has 1 N–H and O–H groups in total. The third-order valence-corrected chi connectivity index (χ3v) is 3.41. The van der Waals surface area contributed by atoms with Crippen LogP contribution in [-0.2, 0) is 6.42 Å². The molecule has 0 aromatic heterocycles. The SMILES string of the molecule is CC(O)(Cc1c(F)cccc1Cl)C1CC1. The molecule has 15 heavy (non-hydrogen) atoms. The summed E-state index contributed by atoms with van der Waals surface area (Å²) >= 11 is 5.91. The van der Waals surface area contributed by atoms with Crippen molar-refractivity contribution in [2.24, 2.45) is 5.92 Å². The molecule has 1 nitrogen and oxygen atoms in total. The maximum Gasteiger partial charge on any atom is 0.127 e. The Hall–Kier alpha value is -0.600. The van der Waals surface area contributed by atoms with Crippen LogP contribution in [0.15, 0.2) is 18.2 Å². The van der Waals surface area contributed by atoms with Crippen molar-refractivity contribution in [3.63, 3.8) is 0 Å². The Kier molecular flexibility index (Phi) is 2.73. The lowest BCUT2D eigenvalue weighted by atomic mass is 9.91. The Balaban J connectivity index is 2.23. The van der Waals surface area contributed by atoms with Gasteiger partial charge in [-0.3, -0.25) is 0 Å².